The van der Waals surface area contributed by atoms with E-state index in [9.17, 15) is 4.79 Å². The summed E-state index contributed by atoms with van der Waals surface area (Å²) in [6.45, 7) is 6.25. The number of ether oxygens (including phenoxy) is 1. The molecule has 0 saturated carbocycles. The number of aryl methyl sites for hydroxylation is 1. The van der Waals surface area contributed by atoms with Crippen molar-refractivity contribution < 1.29 is 9.53 Å². The second kappa shape index (κ2) is 7.39. The zero-order chi connectivity index (χ0) is 16.9. The summed E-state index contributed by atoms with van der Waals surface area (Å²) in [6, 6.07) is 7.27. The van der Waals surface area contributed by atoms with E-state index in [1.54, 1.807) is 10.7 Å². The van der Waals surface area contributed by atoms with E-state index in [0.29, 0.717) is 23.7 Å². The van der Waals surface area contributed by atoms with Gasteiger partial charge in [-0.2, -0.15) is 0 Å². The summed E-state index contributed by atoms with van der Waals surface area (Å²) in [7, 11) is 2.07. The Bertz CT molecular complexity index is 693. The first kappa shape index (κ1) is 16.4. The lowest BCUT2D eigenvalue weighted by Gasteiger charge is -2.32. The van der Waals surface area contributed by atoms with E-state index in [4.69, 9.17) is 4.74 Å². The molecule has 2 heterocycles. The maximum Gasteiger partial charge on any atom is 0.254 e. The number of amides is 1. The normalized spacial score (nSPS) is 15.5. The van der Waals surface area contributed by atoms with Gasteiger partial charge in [-0.1, -0.05) is 6.07 Å². The smallest absolute Gasteiger partial charge is 0.254 e. The number of hydrogen-bond acceptors (Lipinski definition) is 6. The summed E-state index contributed by atoms with van der Waals surface area (Å²) in [5.74, 6) is 1.35. The summed E-state index contributed by atoms with van der Waals surface area (Å²) >= 11 is 0. The molecule has 0 atom stereocenters. The molecule has 8 heteroatoms. The van der Waals surface area contributed by atoms with E-state index < -0.39 is 0 Å². The number of carbonyl (C=O) groups excluding carboxylic acids is 1. The predicted octanol–water partition coefficient (Wildman–Crippen LogP) is 0.660. The minimum absolute atomic E-state index is 0.0481. The van der Waals surface area contributed by atoms with Crippen LogP contribution in [0, 0.1) is 0 Å². The first-order valence-electron chi connectivity index (χ1n) is 8.13. The van der Waals surface area contributed by atoms with E-state index in [1.165, 1.54) is 0 Å². The van der Waals surface area contributed by atoms with Gasteiger partial charge in [0.05, 0.1) is 0 Å². The second-order valence-corrected chi connectivity index (χ2v) is 5.82. The van der Waals surface area contributed by atoms with Crippen molar-refractivity contribution in [2.45, 2.75) is 20.1 Å². The molecule has 128 valence electrons. The number of rotatable bonds is 5. The van der Waals surface area contributed by atoms with Crippen molar-refractivity contribution >= 4 is 5.91 Å². The lowest BCUT2D eigenvalue weighted by molar-refractivity contribution is 0.0663. The highest BCUT2D eigenvalue weighted by molar-refractivity contribution is 5.94. The molecular formula is C16H22N6O2. The fourth-order valence-corrected chi connectivity index (χ4v) is 2.63. The maximum absolute atomic E-state index is 12.6. The van der Waals surface area contributed by atoms with Crippen LogP contribution in [0.15, 0.2) is 24.3 Å². The van der Waals surface area contributed by atoms with Crippen LogP contribution >= 0.6 is 0 Å². The largest absolute Gasteiger partial charge is 0.486 e. The highest BCUT2D eigenvalue weighted by atomic mass is 16.5. The van der Waals surface area contributed by atoms with Crippen LogP contribution in [-0.2, 0) is 13.2 Å². The first-order chi connectivity index (χ1) is 11.7. The van der Waals surface area contributed by atoms with Crippen molar-refractivity contribution in [2.24, 2.45) is 0 Å². The minimum Gasteiger partial charge on any atom is -0.486 e. The van der Waals surface area contributed by atoms with E-state index in [0.717, 1.165) is 26.2 Å². The third-order valence-corrected chi connectivity index (χ3v) is 4.15. The fraction of sp³-hybridized carbons (Fsp3) is 0.500. The number of tetrazole rings is 1. The van der Waals surface area contributed by atoms with Crippen LogP contribution in [0.25, 0.3) is 0 Å². The Labute approximate surface area is 141 Å². The number of benzene rings is 1. The molecule has 1 amide bonds. The Kier molecular flexibility index (Phi) is 5.05. The molecule has 1 fully saturated rings. The number of piperazine rings is 1. The average molecular weight is 330 g/mol. The summed E-state index contributed by atoms with van der Waals surface area (Å²) in [5, 5.41) is 11.4. The molecule has 8 nitrogen and oxygen atoms in total. The van der Waals surface area contributed by atoms with Crippen LogP contribution in [-0.4, -0.2) is 69.1 Å². The molecule has 1 saturated heterocycles. The van der Waals surface area contributed by atoms with Gasteiger partial charge in [0, 0.05) is 38.3 Å². The standard InChI is InChI=1S/C16H22N6O2/c1-3-22-15(17-18-19-22)12-24-14-6-4-5-13(11-14)16(23)21-9-7-20(2)8-10-21/h4-6,11H,3,7-10,12H2,1-2H3. The average Bonchev–Trinajstić information content (AvgIpc) is 3.08. The molecule has 0 N–H and O–H groups in total. The topological polar surface area (TPSA) is 76.4 Å². The molecule has 2 aromatic rings. The van der Waals surface area contributed by atoms with Gasteiger partial charge in [0.1, 0.15) is 12.4 Å². The van der Waals surface area contributed by atoms with Gasteiger partial charge in [-0.25, -0.2) is 4.68 Å². The molecule has 0 spiro atoms. The zero-order valence-electron chi connectivity index (χ0n) is 14.1. The summed E-state index contributed by atoms with van der Waals surface area (Å²) in [5.41, 5.74) is 0.645. The molecule has 1 aliphatic heterocycles. The second-order valence-electron chi connectivity index (χ2n) is 5.82. The van der Waals surface area contributed by atoms with Gasteiger partial charge in [-0.15, -0.1) is 5.10 Å². The van der Waals surface area contributed by atoms with Gasteiger partial charge in [-0.3, -0.25) is 4.79 Å². The van der Waals surface area contributed by atoms with Crippen molar-refractivity contribution in [3.05, 3.63) is 35.7 Å². The Balaban J connectivity index is 1.64. The number of carbonyl (C=O) groups is 1. The molecule has 0 radical (unpaired) electrons. The van der Waals surface area contributed by atoms with E-state index in [1.807, 2.05) is 30.0 Å². The van der Waals surface area contributed by atoms with Gasteiger partial charge < -0.3 is 14.5 Å². The van der Waals surface area contributed by atoms with Gasteiger partial charge in [0.15, 0.2) is 5.82 Å². The minimum atomic E-state index is 0.0481. The van der Waals surface area contributed by atoms with Crippen molar-refractivity contribution in [3.63, 3.8) is 0 Å². The molecule has 1 aromatic heterocycles. The Morgan fingerprint density at radius 3 is 2.79 bits per heavy atom. The van der Waals surface area contributed by atoms with Gasteiger partial charge in [0.2, 0.25) is 0 Å². The lowest BCUT2D eigenvalue weighted by Crippen LogP contribution is -2.47. The number of nitrogens with zero attached hydrogens (tertiary/aromatic N) is 6. The first-order valence-corrected chi connectivity index (χ1v) is 8.13. The van der Waals surface area contributed by atoms with Crippen LogP contribution in [0.2, 0.25) is 0 Å². The van der Waals surface area contributed by atoms with Gasteiger partial charge in [-0.05, 0) is 42.6 Å². The Morgan fingerprint density at radius 2 is 2.04 bits per heavy atom. The van der Waals surface area contributed by atoms with E-state index in [2.05, 4.69) is 27.5 Å². The third kappa shape index (κ3) is 3.70. The quantitative estimate of drug-likeness (QED) is 0.802. The number of hydrogen-bond donors (Lipinski definition) is 0. The van der Waals surface area contributed by atoms with Crippen LogP contribution in [0.1, 0.15) is 23.1 Å². The van der Waals surface area contributed by atoms with Crippen molar-refractivity contribution in [1.82, 2.24) is 30.0 Å². The summed E-state index contributed by atoms with van der Waals surface area (Å²) in [6.07, 6.45) is 0. The van der Waals surface area contributed by atoms with Gasteiger partial charge >= 0.3 is 0 Å². The van der Waals surface area contributed by atoms with Crippen LogP contribution in [0.5, 0.6) is 5.75 Å². The molecule has 1 aromatic carbocycles. The molecule has 0 aliphatic carbocycles. The van der Waals surface area contributed by atoms with Crippen molar-refractivity contribution in [2.75, 3.05) is 33.2 Å². The fourth-order valence-electron chi connectivity index (χ4n) is 2.63. The van der Waals surface area contributed by atoms with E-state index in [-0.39, 0.29) is 12.5 Å². The summed E-state index contributed by atoms with van der Waals surface area (Å²) in [4.78, 5) is 16.7. The molecule has 0 bridgehead atoms. The lowest BCUT2D eigenvalue weighted by atomic mass is 10.1. The van der Waals surface area contributed by atoms with Crippen LogP contribution < -0.4 is 4.74 Å². The van der Waals surface area contributed by atoms with Gasteiger partial charge in [0.25, 0.3) is 5.91 Å². The Hall–Kier alpha value is -2.48. The number of likely N-dealkylation sites (N-methyl/N-ethyl adjacent to an activating group) is 1. The zero-order valence-corrected chi connectivity index (χ0v) is 14.1. The number of aromatic nitrogens is 4. The SMILES string of the molecule is CCn1nnnc1COc1cccc(C(=O)N2CCN(C)CC2)c1. The predicted molar refractivity (Wildman–Crippen MR) is 87.7 cm³/mol. The highest BCUT2D eigenvalue weighted by Crippen LogP contribution is 2.17. The third-order valence-electron chi connectivity index (χ3n) is 4.15. The van der Waals surface area contributed by atoms with Crippen molar-refractivity contribution in [3.8, 4) is 5.75 Å². The molecule has 3 rings (SSSR count). The molecular weight excluding hydrogens is 308 g/mol. The van der Waals surface area contributed by atoms with Crippen molar-refractivity contribution in [1.29, 1.82) is 0 Å². The maximum atomic E-state index is 12.6. The van der Waals surface area contributed by atoms with Crippen LogP contribution in [0.4, 0.5) is 0 Å². The molecule has 24 heavy (non-hydrogen) atoms. The molecule has 0 unspecified atom stereocenters. The highest BCUT2D eigenvalue weighted by Gasteiger charge is 2.20. The monoisotopic (exact) mass is 330 g/mol. The summed E-state index contributed by atoms with van der Waals surface area (Å²) < 4.78 is 7.43. The van der Waals surface area contributed by atoms with E-state index >= 15 is 0 Å². The Morgan fingerprint density at radius 1 is 1.25 bits per heavy atom. The van der Waals surface area contributed by atoms with Crippen LogP contribution in [0.3, 0.4) is 0 Å². The molecule has 1 aliphatic rings.